The third kappa shape index (κ3) is 1.13. The van der Waals surface area contributed by atoms with E-state index in [1.165, 1.54) is 0 Å². The van der Waals surface area contributed by atoms with Crippen molar-refractivity contribution in [2.75, 3.05) is 17.7 Å². The van der Waals surface area contributed by atoms with Gasteiger partial charge in [0.25, 0.3) is 0 Å². The Labute approximate surface area is 95.7 Å². The van der Waals surface area contributed by atoms with Crippen molar-refractivity contribution in [1.29, 1.82) is 0 Å². The van der Waals surface area contributed by atoms with Gasteiger partial charge in [0.05, 0.1) is 17.1 Å². The first-order valence-corrected chi connectivity index (χ1v) is 5.16. The lowest BCUT2D eigenvalue weighted by atomic mass is 10.00. The molecule has 1 aromatic carbocycles. The number of nitrogen functional groups attached to an aromatic ring is 1. The van der Waals surface area contributed by atoms with Crippen molar-refractivity contribution in [3.8, 4) is 11.3 Å². The molecule has 2 N–H and O–H groups in total. The van der Waals surface area contributed by atoms with Crippen LogP contribution in [0.1, 0.15) is 6.93 Å². The number of aryl methyl sites for hydroxylation is 1. The van der Waals surface area contributed by atoms with E-state index in [0.717, 1.165) is 22.5 Å². The summed E-state index contributed by atoms with van der Waals surface area (Å²) in [7, 11) is 2.12. The predicted octanol–water partition coefficient (Wildman–Crippen LogP) is 1.62. The summed E-state index contributed by atoms with van der Waals surface area (Å²) in [4.78, 5) is 1.97. The van der Waals surface area contributed by atoms with Crippen LogP contribution in [-0.2, 0) is 13.6 Å². The maximum absolute atomic E-state index is 7.62. The fraction of sp³-hybridized carbons (Fsp3) is 0.250. The second-order valence-electron chi connectivity index (χ2n) is 4.12. The molecule has 0 atom stereocenters. The Bertz CT molecular complexity index is 576. The van der Waals surface area contributed by atoms with Gasteiger partial charge in [0.2, 0.25) is 0 Å². The first kappa shape index (κ1) is 8.21. The number of rotatable bonds is 0. The fourth-order valence-electron chi connectivity index (χ4n) is 2.27. The molecule has 1 aromatic heterocycles. The van der Waals surface area contributed by atoms with Gasteiger partial charge in [-0.3, -0.25) is 4.68 Å². The van der Waals surface area contributed by atoms with Gasteiger partial charge < -0.3 is 10.6 Å². The van der Waals surface area contributed by atoms with E-state index in [4.69, 9.17) is 7.10 Å². The van der Waals surface area contributed by atoms with Gasteiger partial charge in [-0.05, 0) is 6.07 Å². The Morgan fingerprint density at radius 3 is 3.19 bits per heavy atom. The van der Waals surface area contributed by atoms with E-state index in [-0.39, 0.29) is 7.02 Å². The fourth-order valence-corrected chi connectivity index (χ4v) is 2.27. The SMILES string of the molecule is [2H]CN1Cc2cn(C)nc2-c2cccc(N)c21. The van der Waals surface area contributed by atoms with Gasteiger partial charge in [-0.2, -0.15) is 5.10 Å². The summed E-state index contributed by atoms with van der Waals surface area (Å²) in [5.74, 6) is 0. The summed E-state index contributed by atoms with van der Waals surface area (Å²) >= 11 is 0. The first-order chi connectivity index (χ1) is 8.20. The lowest BCUT2D eigenvalue weighted by Crippen LogP contribution is -2.22. The van der Waals surface area contributed by atoms with Crippen molar-refractivity contribution < 1.29 is 1.37 Å². The average molecular weight is 215 g/mol. The molecule has 4 nitrogen and oxygen atoms in total. The highest BCUT2D eigenvalue weighted by Gasteiger charge is 2.23. The quantitative estimate of drug-likeness (QED) is 0.679. The molecule has 0 aliphatic carbocycles. The molecule has 4 heteroatoms. The molecule has 16 heavy (non-hydrogen) atoms. The standard InChI is InChI=1S/C12H14N4/c1-15-6-8-7-16(2)14-11(8)9-4-3-5-10(13)12(9)15/h3-5,7H,6,13H2,1-2H3/i1D. The van der Waals surface area contributed by atoms with Crippen molar-refractivity contribution >= 4 is 11.4 Å². The Morgan fingerprint density at radius 2 is 2.38 bits per heavy atom. The molecule has 0 bridgehead atoms. The van der Waals surface area contributed by atoms with Crippen molar-refractivity contribution in [2.24, 2.45) is 7.05 Å². The number of fused-ring (bicyclic) bond motifs is 3. The first-order valence-electron chi connectivity index (χ1n) is 5.87. The minimum atomic E-state index is 0.204. The molecule has 3 rings (SSSR count). The van der Waals surface area contributed by atoms with Crippen LogP contribution in [0.4, 0.5) is 11.4 Å². The average Bonchev–Trinajstić information content (AvgIpc) is 2.69. The van der Waals surface area contributed by atoms with E-state index >= 15 is 0 Å². The number of hydrogen-bond donors (Lipinski definition) is 1. The Hall–Kier alpha value is -1.97. The highest BCUT2D eigenvalue weighted by atomic mass is 15.3. The maximum Gasteiger partial charge on any atom is 0.0994 e. The largest absolute Gasteiger partial charge is 0.397 e. The number of nitrogens with two attached hydrogens (primary N) is 1. The van der Waals surface area contributed by atoms with Crippen LogP contribution in [-0.4, -0.2) is 16.8 Å². The van der Waals surface area contributed by atoms with Gasteiger partial charge in [-0.1, -0.05) is 12.1 Å². The molecule has 0 saturated carbocycles. The highest BCUT2D eigenvalue weighted by Crippen LogP contribution is 2.40. The van der Waals surface area contributed by atoms with E-state index in [0.29, 0.717) is 12.2 Å². The maximum atomic E-state index is 7.62. The molecule has 0 saturated heterocycles. The van der Waals surface area contributed by atoms with Crippen LogP contribution in [0, 0.1) is 0 Å². The molecule has 0 radical (unpaired) electrons. The molecular formula is C12H14N4. The van der Waals surface area contributed by atoms with E-state index in [9.17, 15) is 0 Å². The van der Waals surface area contributed by atoms with Crippen LogP contribution in [0.15, 0.2) is 24.4 Å². The predicted molar refractivity (Wildman–Crippen MR) is 65.2 cm³/mol. The minimum absolute atomic E-state index is 0.204. The molecule has 0 unspecified atom stereocenters. The van der Waals surface area contributed by atoms with Gasteiger partial charge in [0.15, 0.2) is 0 Å². The molecule has 0 amide bonds. The molecule has 82 valence electrons. The van der Waals surface area contributed by atoms with Crippen molar-refractivity contribution in [3.05, 3.63) is 30.0 Å². The smallest absolute Gasteiger partial charge is 0.0994 e. The summed E-state index contributed by atoms with van der Waals surface area (Å²) in [5.41, 5.74) is 10.8. The lowest BCUT2D eigenvalue weighted by Gasteiger charge is -2.27. The Balaban J connectivity index is 2.28. The van der Waals surface area contributed by atoms with Crippen LogP contribution in [0.5, 0.6) is 0 Å². The summed E-state index contributed by atoms with van der Waals surface area (Å²) < 4.78 is 9.43. The van der Waals surface area contributed by atoms with Gasteiger partial charge in [0.1, 0.15) is 0 Å². The third-order valence-electron chi connectivity index (χ3n) is 2.90. The van der Waals surface area contributed by atoms with Crippen LogP contribution in [0.2, 0.25) is 0 Å². The number of benzene rings is 1. The van der Waals surface area contributed by atoms with E-state index in [1.807, 2.05) is 41.0 Å². The van der Waals surface area contributed by atoms with Gasteiger partial charge in [-0.15, -0.1) is 0 Å². The minimum Gasteiger partial charge on any atom is -0.397 e. The number of aromatic nitrogens is 2. The van der Waals surface area contributed by atoms with Crippen molar-refractivity contribution in [1.82, 2.24) is 9.78 Å². The summed E-state index contributed by atoms with van der Waals surface area (Å²) in [6.45, 7) is 0.702. The molecule has 2 aromatic rings. The second-order valence-corrected chi connectivity index (χ2v) is 4.12. The second kappa shape index (κ2) is 3.01. The zero-order chi connectivity index (χ0) is 12.0. The zero-order valence-corrected chi connectivity index (χ0v) is 9.14. The normalized spacial score (nSPS) is 14.3. The van der Waals surface area contributed by atoms with E-state index < -0.39 is 0 Å². The van der Waals surface area contributed by atoms with Gasteiger partial charge >= 0.3 is 0 Å². The molecule has 2 heterocycles. The van der Waals surface area contributed by atoms with E-state index in [1.54, 1.807) is 0 Å². The molecule has 1 aliphatic heterocycles. The number of nitrogens with zero attached hydrogens (tertiary/aromatic N) is 3. The van der Waals surface area contributed by atoms with Crippen molar-refractivity contribution in [3.63, 3.8) is 0 Å². The Kier molecular flexibility index (Phi) is 1.55. The van der Waals surface area contributed by atoms with Crippen molar-refractivity contribution in [2.45, 2.75) is 6.54 Å². The van der Waals surface area contributed by atoms with Gasteiger partial charge in [-0.25, -0.2) is 0 Å². The molecular weight excluding hydrogens is 200 g/mol. The van der Waals surface area contributed by atoms with E-state index in [2.05, 4.69) is 5.10 Å². The van der Waals surface area contributed by atoms with Crippen LogP contribution < -0.4 is 10.6 Å². The summed E-state index contributed by atoms with van der Waals surface area (Å²) in [6, 6.07) is 5.81. The molecule has 1 aliphatic rings. The topological polar surface area (TPSA) is 47.1 Å². The lowest BCUT2D eigenvalue weighted by molar-refractivity contribution is 0.770. The zero-order valence-electron chi connectivity index (χ0n) is 10.1. The molecule has 0 spiro atoms. The summed E-state index contributed by atoms with van der Waals surface area (Å²) in [5, 5.41) is 4.48. The highest BCUT2D eigenvalue weighted by molar-refractivity contribution is 5.88. The third-order valence-corrected chi connectivity index (χ3v) is 2.90. The van der Waals surface area contributed by atoms with Crippen LogP contribution in [0.3, 0.4) is 0 Å². The van der Waals surface area contributed by atoms with Crippen LogP contribution in [0.25, 0.3) is 11.3 Å². The van der Waals surface area contributed by atoms with Gasteiger partial charge in [0, 0.05) is 39.3 Å². The summed E-state index contributed by atoms with van der Waals surface area (Å²) in [6.07, 6.45) is 2.00. The number of anilines is 2. The number of hydrogen-bond acceptors (Lipinski definition) is 3. The molecule has 0 fully saturated rings. The van der Waals surface area contributed by atoms with Crippen LogP contribution >= 0.6 is 0 Å². The Morgan fingerprint density at radius 1 is 1.50 bits per heavy atom. The monoisotopic (exact) mass is 215 g/mol. The number of para-hydroxylation sites is 1.